The zero-order chi connectivity index (χ0) is 19.1. The number of carbonyl (C=O) groups is 2. The normalized spacial score (nSPS) is 11.3. The molecule has 146 valence electrons. The number of rotatable bonds is 7. The maximum absolute atomic E-state index is 14.1. The Balaban J connectivity index is 0.00000364. The molecule has 0 aliphatic rings. The van der Waals surface area contributed by atoms with Crippen LogP contribution in [0.3, 0.4) is 0 Å². The molecule has 0 heterocycles. The van der Waals surface area contributed by atoms with Gasteiger partial charge in [0.25, 0.3) is 0 Å². The number of ether oxygens (including phenoxy) is 1. The van der Waals surface area contributed by atoms with Gasteiger partial charge in [0.2, 0.25) is 11.8 Å². The van der Waals surface area contributed by atoms with Gasteiger partial charge in [0.1, 0.15) is 11.4 Å². The lowest BCUT2D eigenvalue weighted by Crippen LogP contribution is -2.46. The first-order valence-electron chi connectivity index (χ1n) is 8.23. The van der Waals surface area contributed by atoms with Gasteiger partial charge in [-0.1, -0.05) is 38.1 Å². The summed E-state index contributed by atoms with van der Waals surface area (Å²) >= 11 is 0. The molecule has 8 heteroatoms. The summed E-state index contributed by atoms with van der Waals surface area (Å²) < 4.78 is 19.8. The molecular formula is C19H23ClFN3O3. The van der Waals surface area contributed by atoms with Gasteiger partial charge in [-0.3, -0.25) is 9.59 Å². The van der Waals surface area contributed by atoms with Crippen molar-refractivity contribution in [3.05, 3.63) is 54.3 Å². The molecule has 27 heavy (non-hydrogen) atoms. The summed E-state index contributed by atoms with van der Waals surface area (Å²) in [4.78, 5) is 23.9. The Hall–Kier alpha value is -2.64. The average molecular weight is 396 g/mol. The third-order valence-electron chi connectivity index (χ3n) is 3.65. The van der Waals surface area contributed by atoms with Crippen LogP contribution in [0.5, 0.6) is 11.5 Å². The van der Waals surface area contributed by atoms with Crippen molar-refractivity contribution in [2.75, 3.05) is 11.9 Å². The van der Waals surface area contributed by atoms with E-state index in [-0.39, 0.29) is 36.3 Å². The van der Waals surface area contributed by atoms with Gasteiger partial charge < -0.3 is 21.1 Å². The van der Waals surface area contributed by atoms with Crippen molar-refractivity contribution in [2.45, 2.75) is 19.9 Å². The van der Waals surface area contributed by atoms with E-state index in [1.165, 1.54) is 12.1 Å². The maximum atomic E-state index is 14.1. The van der Waals surface area contributed by atoms with Gasteiger partial charge in [-0.2, -0.15) is 0 Å². The lowest BCUT2D eigenvalue weighted by molar-refractivity contribution is -0.125. The van der Waals surface area contributed by atoms with Crippen LogP contribution in [-0.2, 0) is 9.59 Å². The van der Waals surface area contributed by atoms with Gasteiger partial charge in [0.05, 0.1) is 12.6 Å². The fraction of sp³-hybridized carbons (Fsp3) is 0.263. The number of hydrogen-bond acceptors (Lipinski definition) is 4. The Kier molecular flexibility index (Phi) is 8.71. The average Bonchev–Trinajstić information content (AvgIpc) is 2.62. The molecule has 2 rings (SSSR count). The van der Waals surface area contributed by atoms with E-state index in [1.807, 2.05) is 6.07 Å². The number of hydrogen-bond donors (Lipinski definition) is 3. The minimum atomic E-state index is -0.715. The van der Waals surface area contributed by atoms with Gasteiger partial charge in [0, 0.05) is 0 Å². The fourth-order valence-corrected chi connectivity index (χ4v) is 2.10. The first-order valence-corrected chi connectivity index (χ1v) is 8.23. The van der Waals surface area contributed by atoms with Crippen LogP contribution in [0.1, 0.15) is 13.8 Å². The highest BCUT2D eigenvalue weighted by Gasteiger charge is 2.19. The minimum absolute atomic E-state index is 0. The number of anilines is 1. The lowest BCUT2D eigenvalue weighted by Gasteiger charge is -2.16. The molecule has 2 aromatic rings. The number of nitrogens with two attached hydrogens (primary N) is 1. The molecule has 0 aliphatic carbocycles. The molecule has 0 saturated heterocycles. The summed E-state index contributed by atoms with van der Waals surface area (Å²) in [6.07, 6.45) is 0. The molecule has 0 radical (unpaired) electrons. The molecule has 2 amide bonds. The van der Waals surface area contributed by atoms with Gasteiger partial charge in [0.15, 0.2) is 11.6 Å². The van der Waals surface area contributed by atoms with Crippen LogP contribution >= 0.6 is 12.4 Å². The predicted molar refractivity (Wildman–Crippen MR) is 105 cm³/mol. The maximum Gasteiger partial charge on any atom is 0.243 e. The van der Waals surface area contributed by atoms with E-state index >= 15 is 0 Å². The molecular weight excluding hydrogens is 373 g/mol. The van der Waals surface area contributed by atoms with Crippen molar-refractivity contribution < 1.29 is 18.7 Å². The molecule has 0 bridgehead atoms. The summed E-state index contributed by atoms with van der Waals surface area (Å²) in [5.41, 5.74) is 5.62. The van der Waals surface area contributed by atoms with Crippen LogP contribution in [0, 0.1) is 11.7 Å². The highest BCUT2D eigenvalue weighted by atomic mass is 35.5. The molecule has 2 aromatic carbocycles. The molecule has 0 unspecified atom stereocenters. The van der Waals surface area contributed by atoms with Crippen LogP contribution in [0.15, 0.2) is 48.5 Å². The van der Waals surface area contributed by atoms with Crippen LogP contribution in [-0.4, -0.2) is 24.4 Å². The van der Waals surface area contributed by atoms with Crippen molar-refractivity contribution in [1.82, 2.24) is 5.32 Å². The Morgan fingerprint density at radius 1 is 1.11 bits per heavy atom. The minimum Gasteiger partial charge on any atom is -0.455 e. The molecule has 0 saturated carbocycles. The monoisotopic (exact) mass is 395 g/mol. The van der Waals surface area contributed by atoms with Crippen molar-refractivity contribution in [2.24, 2.45) is 11.7 Å². The summed E-state index contributed by atoms with van der Waals surface area (Å²) in [5.74, 6) is -1.06. The first kappa shape index (κ1) is 22.4. The molecule has 0 aromatic heterocycles. The van der Waals surface area contributed by atoms with E-state index < -0.39 is 23.7 Å². The second kappa shape index (κ2) is 10.5. The van der Waals surface area contributed by atoms with Gasteiger partial charge >= 0.3 is 0 Å². The lowest BCUT2D eigenvalue weighted by atomic mass is 10.1. The van der Waals surface area contributed by atoms with Gasteiger partial charge in [-0.25, -0.2) is 4.39 Å². The number of halogens is 2. The van der Waals surface area contributed by atoms with E-state index in [0.717, 1.165) is 0 Å². The van der Waals surface area contributed by atoms with Crippen molar-refractivity contribution in [3.8, 4) is 11.5 Å². The van der Waals surface area contributed by atoms with Crippen LogP contribution < -0.4 is 21.1 Å². The van der Waals surface area contributed by atoms with E-state index in [2.05, 4.69) is 10.6 Å². The topological polar surface area (TPSA) is 93.5 Å². The molecule has 0 fully saturated rings. The van der Waals surface area contributed by atoms with Gasteiger partial charge in [-0.05, 0) is 30.2 Å². The first-order chi connectivity index (χ1) is 12.4. The summed E-state index contributed by atoms with van der Waals surface area (Å²) in [5, 5.41) is 4.86. The summed E-state index contributed by atoms with van der Waals surface area (Å²) in [6.45, 7) is 3.28. The van der Waals surface area contributed by atoms with Crippen molar-refractivity contribution >= 4 is 29.9 Å². The predicted octanol–water partition coefficient (Wildman–Crippen LogP) is 3.08. The second-order valence-electron chi connectivity index (χ2n) is 6.06. The van der Waals surface area contributed by atoms with Crippen LogP contribution in [0.4, 0.5) is 10.1 Å². The summed E-state index contributed by atoms with van der Waals surface area (Å²) in [7, 11) is 0. The highest BCUT2D eigenvalue weighted by Crippen LogP contribution is 2.31. The Morgan fingerprint density at radius 2 is 1.78 bits per heavy atom. The van der Waals surface area contributed by atoms with Gasteiger partial charge in [-0.15, -0.1) is 12.4 Å². The zero-order valence-electron chi connectivity index (χ0n) is 15.1. The number of nitrogens with one attached hydrogen (secondary N) is 2. The molecule has 6 nitrogen and oxygen atoms in total. The number of benzene rings is 2. The highest BCUT2D eigenvalue weighted by molar-refractivity contribution is 5.96. The largest absolute Gasteiger partial charge is 0.455 e. The SMILES string of the molecule is CC(C)[C@H](N)C(=O)NCC(=O)Nc1c(F)cccc1Oc1ccccc1.Cl. The third-order valence-corrected chi connectivity index (χ3v) is 3.65. The third kappa shape index (κ3) is 6.54. The van der Waals surface area contributed by atoms with Crippen LogP contribution in [0.2, 0.25) is 0 Å². The molecule has 4 N–H and O–H groups in total. The Morgan fingerprint density at radius 3 is 2.41 bits per heavy atom. The quantitative estimate of drug-likeness (QED) is 0.671. The smallest absolute Gasteiger partial charge is 0.243 e. The standard InChI is InChI=1S/C19H22FN3O3.ClH/c1-12(2)17(21)19(25)22-11-16(24)23-18-14(20)9-6-10-15(18)26-13-7-4-3-5-8-13;/h3-10,12,17H,11,21H2,1-2H3,(H,22,25)(H,23,24);1H/t17-;/m0./s1. The van der Waals surface area contributed by atoms with E-state index in [0.29, 0.717) is 5.75 Å². The molecule has 1 atom stereocenters. The molecule has 0 spiro atoms. The van der Waals surface area contributed by atoms with E-state index in [1.54, 1.807) is 44.2 Å². The van der Waals surface area contributed by atoms with E-state index in [4.69, 9.17) is 10.5 Å². The number of carbonyl (C=O) groups excluding carboxylic acids is 2. The zero-order valence-corrected chi connectivity index (χ0v) is 15.9. The van der Waals surface area contributed by atoms with Crippen molar-refractivity contribution in [1.29, 1.82) is 0 Å². The molecule has 0 aliphatic heterocycles. The second-order valence-corrected chi connectivity index (χ2v) is 6.06. The van der Waals surface area contributed by atoms with E-state index in [9.17, 15) is 14.0 Å². The Labute approximate surface area is 163 Å². The van der Waals surface area contributed by atoms with Crippen molar-refractivity contribution in [3.63, 3.8) is 0 Å². The Bertz CT molecular complexity index is 772. The number of para-hydroxylation sites is 2. The number of amides is 2. The fourth-order valence-electron chi connectivity index (χ4n) is 2.10. The van der Waals surface area contributed by atoms with Crippen LogP contribution in [0.25, 0.3) is 0 Å². The summed E-state index contributed by atoms with van der Waals surface area (Å²) in [6, 6.07) is 12.3.